The molecule has 0 saturated carbocycles. The Morgan fingerprint density at radius 2 is 0.433 bits per heavy atom. The Bertz CT molecular complexity index is 1900. The van der Waals surface area contributed by atoms with Gasteiger partial charge in [0, 0.05) is 25.7 Å². The van der Waals surface area contributed by atoms with Crippen molar-refractivity contribution in [1.82, 2.24) is 0 Å². The molecule has 3 unspecified atom stereocenters. The molecule has 0 aromatic heterocycles. The number of hydrogen-bond donors (Lipinski definition) is 3. The first-order valence-electron chi connectivity index (χ1n) is 40.2. The van der Waals surface area contributed by atoms with Crippen molar-refractivity contribution in [2.24, 2.45) is 23.7 Å². The number of carbonyl (C=O) groups excluding carboxylic acids is 4. The van der Waals surface area contributed by atoms with Gasteiger partial charge in [-0.25, -0.2) is 9.13 Å². The van der Waals surface area contributed by atoms with E-state index in [-0.39, 0.29) is 25.7 Å². The third kappa shape index (κ3) is 72.2. The predicted octanol–water partition coefficient (Wildman–Crippen LogP) is 22.8. The van der Waals surface area contributed by atoms with Crippen LogP contribution in [0.1, 0.15) is 396 Å². The smallest absolute Gasteiger partial charge is 0.462 e. The largest absolute Gasteiger partial charge is 0.472 e. The summed E-state index contributed by atoms with van der Waals surface area (Å²) in [6, 6.07) is 0. The van der Waals surface area contributed by atoms with Crippen molar-refractivity contribution in [2.75, 3.05) is 39.6 Å². The third-order valence-electron chi connectivity index (χ3n) is 18.1. The van der Waals surface area contributed by atoms with E-state index in [2.05, 4.69) is 55.4 Å². The molecule has 17 nitrogen and oxygen atoms in total. The molecule has 0 spiro atoms. The number of aliphatic hydroxyl groups excluding tert-OH is 1. The lowest BCUT2D eigenvalue weighted by atomic mass is 10.0. The van der Waals surface area contributed by atoms with Crippen molar-refractivity contribution in [1.29, 1.82) is 0 Å². The molecule has 0 rings (SSSR count). The fraction of sp³-hybridized carbons (Fsp3) is 0.949. The van der Waals surface area contributed by atoms with Crippen LogP contribution in [0.3, 0.4) is 0 Å². The second kappa shape index (κ2) is 67.2. The molecular formula is C78H152O17P2. The van der Waals surface area contributed by atoms with Crippen molar-refractivity contribution in [3.63, 3.8) is 0 Å². The van der Waals surface area contributed by atoms with Crippen LogP contribution in [0.5, 0.6) is 0 Å². The van der Waals surface area contributed by atoms with Gasteiger partial charge in [-0.1, -0.05) is 344 Å². The summed E-state index contributed by atoms with van der Waals surface area (Å²) in [5, 5.41) is 10.6. The molecule has 5 atom stereocenters. The van der Waals surface area contributed by atoms with Crippen LogP contribution in [-0.4, -0.2) is 96.7 Å². The van der Waals surface area contributed by atoms with Crippen LogP contribution >= 0.6 is 15.6 Å². The van der Waals surface area contributed by atoms with Crippen LogP contribution in [0.2, 0.25) is 0 Å². The molecule has 0 aromatic rings. The zero-order valence-corrected chi connectivity index (χ0v) is 65.5. The molecule has 0 heterocycles. The molecule has 576 valence electrons. The van der Waals surface area contributed by atoms with Crippen molar-refractivity contribution >= 4 is 39.5 Å². The van der Waals surface area contributed by atoms with Gasteiger partial charge in [-0.05, 0) is 49.4 Å². The Hall–Kier alpha value is -1.94. The van der Waals surface area contributed by atoms with E-state index in [1.165, 1.54) is 199 Å². The van der Waals surface area contributed by atoms with E-state index in [0.29, 0.717) is 25.7 Å². The maximum atomic E-state index is 13.1. The molecule has 0 aliphatic carbocycles. The highest BCUT2D eigenvalue weighted by molar-refractivity contribution is 7.47. The summed E-state index contributed by atoms with van der Waals surface area (Å²) < 4.78 is 68.6. The normalized spacial score (nSPS) is 14.1. The monoisotopic (exact) mass is 1420 g/mol. The van der Waals surface area contributed by atoms with Gasteiger partial charge >= 0.3 is 39.5 Å². The number of esters is 4. The maximum Gasteiger partial charge on any atom is 0.472 e. The first-order valence-corrected chi connectivity index (χ1v) is 43.2. The summed E-state index contributed by atoms with van der Waals surface area (Å²) in [5.41, 5.74) is 0. The van der Waals surface area contributed by atoms with Gasteiger partial charge in [-0.2, -0.15) is 0 Å². The van der Waals surface area contributed by atoms with Gasteiger partial charge in [0.2, 0.25) is 0 Å². The molecule has 0 aliphatic heterocycles. The first-order chi connectivity index (χ1) is 46.6. The van der Waals surface area contributed by atoms with Gasteiger partial charge < -0.3 is 33.8 Å². The number of unbranched alkanes of at least 4 members (excludes halogenated alkanes) is 41. The number of hydrogen-bond acceptors (Lipinski definition) is 15. The van der Waals surface area contributed by atoms with Gasteiger partial charge in [0.1, 0.15) is 19.3 Å². The minimum atomic E-state index is -4.96. The highest BCUT2D eigenvalue weighted by Crippen LogP contribution is 2.45. The number of ether oxygens (including phenoxy) is 4. The minimum absolute atomic E-state index is 0.104. The van der Waals surface area contributed by atoms with E-state index < -0.39 is 97.5 Å². The summed E-state index contributed by atoms with van der Waals surface area (Å²) in [4.78, 5) is 72.9. The average Bonchev–Trinajstić information content (AvgIpc) is 1.29. The predicted molar refractivity (Wildman–Crippen MR) is 395 cm³/mol. The number of rotatable bonds is 75. The lowest BCUT2D eigenvalue weighted by Gasteiger charge is -2.21. The second-order valence-electron chi connectivity index (χ2n) is 30.0. The first kappa shape index (κ1) is 95.1. The van der Waals surface area contributed by atoms with Gasteiger partial charge in [-0.15, -0.1) is 0 Å². The summed E-state index contributed by atoms with van der Waals surface area (Å²) in [7, 11) is -9.92. The van der Waals surface area contributed by atoms with Crippen molar-refractivity contribution in [3.05, 3.63) is 0 Å². The third-order valence-corrected chi connectivity index (χ3v) is 20.0. The molecule has 0 amide bonds. The van der Waals surface area contributed by atoms with Crippen molar-refractivity contribution < 1.29 is 80.2 Å². The topological polar surface area (TPSA) is 237 Å². The molecule has 19 heteroatoms. The van der Waals surface area contributed by atoms with Crippen molar-refractivity contribution in [2.45, 2.75) is 414 Å². The van der Waals surface area contributed by atoms with Gasteiger partial charge in [0.25, 0.3) is 0 Å². The fourth-order valence-electron chi connectivity index (χ4n) is 11.9. The van der Waals surface area contributed by atoms with Crippen molar-refractivity contribution in [3.8, 4) is 0 Å². The molecule has 0 bridgehead atoms. The van der Waals surface area contributed by atoms with Crippen LogP contribution in [0.4, 0.5) is 0 Å². The van der Waals surface area contributed by atoms with Gasteiger partial charge in [0.05, 0.1) is 26.4 Å². The SMILES string of the molecule is CC(C)CCCCCCCCCCCCCCCCC(=O)OC[C@H](COP(=O)(O)OCC(O)COP(=O)(O)OC[C@@H](COC(=O)CCCCCCCCCCC(C)C)OC(=O)CCCCCCCCCCCC(C)C)OC(=O)CCCCCCCCCCCCCCCCC(C)C. The molecule has 0 aliphatic rings. The van der Waals surface area contributed by atoms with E-state index in [0.717, 1.165) is 114 Å². The number of phosphoric acid groups is 2. The maximum absolute atomic E-state index is 13.1. The Morgan fingerprint density at radius 3 is 0.639 bits per heavy atom. The summed E-state index contributed by atoms with van der Waals surface area (Å²) in [5.74, 6) is 0.939. The zero-order valence-electron chi connectivity index (χ0n) is 63.7. The number of aliphatic hydroxyl groups is 1. The molecule has 0 radical (unpaired) electrons. The highest BCUT2D eigenvalue weighted by atomic mass is 31.2. The molecular weight excluding hydrogens is 1270 g/mol. The van der Waals surface area contributed by atoms with Crippen LogP contribution in [-0.2, 0) is 65.4 Å². The van der Waals surface area contributed by atoms with E-state index >= 15 is 0 Å². The number of carbonyl (C=O) groups is 4. The average molecular weight is 1420 g/mol. The van der Waals surface area contributed by atoms with E-state index in [1.54, 1.807) is 0 Å². The Balaban J connectivity index is 5.25. The highest BCUT2D eigenvalue weighted by Gasteiger charge is 2.30. The summed E-state index contributed by atoms with van der Waals surface area (Å²) in [6.45, 7) is 14.2. The number of phosphoric ester groups is 2. The Labute approximate surface area is 594 Å². The van der Waals surface area contributed by atoms with E-state index in [9.17, 15) is 43.2 Å². The minimum Gasteiger partial charge on any atom is -0.462 e. The quantitative estimate of drug-likeness (QED) is 0.0222. The molecule has 0 fully saturated rings. The fourth-order valence-corrected chi connectivity index (χ4v) is 13.5. The van der Waals surface area contributed by atoms with Crippen LogP contribution in [0, 0.1) is 23.7 Å². The molecule has 0 aromatic carbocycles. The Kier molecular flexibility index (Phi) is 65.9. The summed E-state index contributed by atoms with van der Waals surface area (Å²) >= 11 is 0. The van der Waals surface area contributed by atoms with Gasteiger partial charge in [-0.3, -0.25) is 37.3 Å². The summed E-state index contributed by atoms with van der Waals surface area (Å²) in [6.07, 6.45) is 52.8. The zero-order chi connectivity index (χ0) is 71.7. The van der Waals surface area contributed by atoms with Gasteiger partial charge in [0.15, 0.2) is 12.2 Å². The van der Waals surface area contributed by atoms with Crippen LogP contribution in [0.15, 0.2) is 0 Å². The standard InChI is InChI=1S/C78H152O17P2/c1-68(2)54-46-38-30-22-17-13-9-11-15-19-25-34-42-50-58-75(80)88-64-73(94-77(82)60-52-44-36-26-20-16-12-10-14-18-23-31-39-47-55-69(3)4)66-92-96(84,85)90-62-72(79)63-91-97(86,87)93-67-74(65-89-76(81)59-51-43-35-29-28-33-41-49-57-71(7)8)95-78(83)61-53-45-37-27-21-24-32-40-48-56-70(5)6/h68-74,79H,9-67H2,1-8H3,(H,84,85)(H,86,87)/t72?,73-,74-/m1/s1. The van der Waals surface area contributed by atoms with E-state index in [1.807, 2.05) is 0 Å². The molecule has 3 N–H and O–H groups in total. The lowest BCUT2D eigenvalue weighted by Crippen LogP contribution is -2.30. The van der Waals surface area contributed by atoms with E-state index in [4.69, 9.17) is 37.0 Å². The molecule has 0 saturated heterocycles. The second-order valence-corrected chi connectivity index (χ2v) is 32.9. The Morgan fingerprint density at radius 1 is 0.258 bits per heavy atom. The molecule has 97 heavy (non-hydrogen) atoms. The lowest BCUT2D eigenvalue weighted by molar-refractivity contribution is -0.161. The van der Waals surface area contributed by atoms with Crippen LogP contribution < -0.4 is 0 Å². The van der Waals surface area contributed by atoms with Crippen LogP contribution in [0.25, 0.3) is 0 Å².